The van der Waals surface area contributed by atoms with Crippen LogP contribution in [0.1, 0.15) is 0 Å². The van der Waals surface area contributed by atoms with Crippen molar-refractivity contribution in [2.75, 3.05) is 7.11 Å². The molecule has 0 fully saturated rings. The fraction of sp³-hybridized carbons (Fsp3) is 0.0588. The molecule has 0 heterocycles. The molecular weight excluding hydrogens is 239 g/mol. The van der Waals surface area contributed by atoms with E-state index in [2.05, 4.69) is 0 Å². The van der Waals surface area contributed by atoms with Gasteiger partial charge in [-0.3, -0.25) is 0 Å². The third-order valence-corrected chi connectivity index (χ3v) is 3.27. The Morgan fingerprint density at radius 1 is 0.737 bits per heavy atom. The van der Waals surface area contributed by atoms with E-state index in [1.54, 1.807) is 19.2 Å². The summed E-state index contributed by atoms with van der Waals surface area (Å²) in [5.74, 6) is 0.591. The van der Waals surface area contributed by atoms with Crippen LogP contribution in [0.15, 0.2) is 60.7 Å². The smallest absolute Gasteiger partial charge is 0.131 e. The first kappa shape index (κ1) is 11.7. The third kappa shape index (κ3) is 1.95. The third-order valence-electron chi connectivity index (χ3n) is 3.27. The number of fused-ring (bicyclic) bond motifs is 1. The SMILES string of the molecule is COc1ccccc1-c1ccc(F)c2ccccc12. The van der Waals surface area contributed by atoms with Gasteiger partial charge in [0.2, 0.25) is 0 Å². The van der Waals surface area contributed by atoms with Crippen molar-refractivity contribution in [3.63, 3.8) is 0 Å². The Bertz CT molecular complexity index is 734. The molecule has 0 amide bonds. The largest absolute Gasteiger partial charge is 0.496 e. The molecule has 1 nitrogen and oxygen atoms in total. The Labute approximate surface area is 111 Å². The maximum absolute atomic E-state index is 13.8. The van der Waals surface area contributed by atoms with Crippen molar-refractivity contribution in [1.82, 2.24) is 0 Å². The van der Waals surface area contributed by atoms with E-state index < -0.39 is 0 Å². The average molecular weight is 252 g/mol. The average Bonchev–Trinajstić information content (AvgIpc) is 2.48. The van der Waals surface area contributed by atoms with Gasteiger partial charge in [-0.05, 0) is 23.1 Å². The number of rotatable bonds is 2. The van der Waals surface area contributed by atoms with Gasteiger partial charge in [0.25, 0.3) is 0 Å². The van der Waals surface area contributed by atoms with E-state index in [0.29, 0.717) is 5.39 Å². The number of benzene rings is 3. The molecule has 0 aliphatic carbocycles. The summed E-state index contributed by atoms with van der Waals surface area (Å²) in [5, 5.41) is 1.53. The summed E-state index contributed by atoms with van der Waals surface area (Å²) in [6, 6.07) is 18.6. The van der Waals surface area contributed by atoms with Crippen molar-refractivity contribution >= 4 is 10.8 Å². The number of para-hydroxylation sites is 1. The van der Waals surface area contributed by atoms with Crippen LogP contribution in [0.2, 0.25) is 0 Å². The minimum absolute atomic E-state index is 0.200. The molecule has 0 N–H and O–H groups in total. The quantitative estimate of drug-likeness (QED) is 0.644. The zero-order valence-electron chi connectivity index (χ0n) is 10.6. The predicted molar refractivity (Wildman–Crippen MR) is 75.9 cm³/mol. The molecule has 0 unspecified atom stereocenters. The molecule has 2 heteroatoms. The molecule has 3 aromatic carbocycles. The number of hydrogen-bond acceptors (Lipinski definition) is 1. The fourth-order valence-electron chi connectivity index (χ4n) is 2.36. The number of hydrogen-bond donors (Lipinski definition) is 0. The molecule has 0 spiro atoms. The lowest BCUT2D eigenvalue weighted by Gasteiger charge is -2.11. The standard InChI is InChI=1S/C17H13FO/c1-19-17-9-5-4-8-15(17)13-10-11-16(18)14-7-3-2-6-12(13)14/h2-11H,1H3. The molecule has 0 bridgehead atoms. The van der Waals surface area contributed by atoms with Crippen LogP contribution in [0.3, 0.4) is 0 Å². The van der Waals surface area contributed by atoms with Gasteiger partial charge in [-0.1, -0.05) is 48.5 Å². The lowest BCUT2D eigenvalue weighted by Crippen LogP contribution is -1.89. The molecule has 3 rings (SSSR count). The fourth-order valence-corrected chi connectivity index (χ4v) is 2.36. The van der Waals surface area contributed by atoms with Gasteiger partial charge >= 0.3 is 0 Å². The summed E-state index contributed by atoms with van der Waals surface area (Å²) >= 11 is 0. The van der Waals surface area contributed by atoms with E-state index in [9.17, 15) is 4.39 Å². The van der Waals surface area contributed by atoms with Crippen LogP contribution in [-0.4, -0.2) is 7.11 Å². The van der Waals surface area contributed by atoms with Gasteiger partial charge in [0, 0.05) is 10.9 Å². The number of ether oxygens (including phenoxy) is 1. The molecule has 0 radical (unpaired) electrons. The predicted octanol–water partition coefficient (Wildman–Crippen LogP) is 4.65. The summed E-state index contributed by atoms with van der Waals surface area (Å²) in [4.78, 5) is 0. The van der Waals surface area contributed by atoms with Crippen LogP contribution < -0.4 is 4.74 Å². The van der Waals surface area contributed by atoms with Crippen LogP contribution in [-0.2, 0) is 0 Å². The Balaban J connectivity index is 2.34. The van der Waals surface area contributed by atoms with Gasteiger partial charge in [0.15, 0.2) is 0 Å². The van der Waals surface area contributed by atoms with Crippen LogP contribution in [0, 0.1) is 5.82 Å². The summed E-state index contributed by atoms with van der Waals surface area (Å²) < 4.78 is 19.2. The van der Waals surface area contributed by atoms with E-state index in [-0.39, 0.29) is 5.82 Å². The minimum atomic E-state index is -0.200. The van der Waals surface area contributed by atoms with E-state index in [4.69, 9.17) is 4.74 Å². The Kier molecular flexibility index (Phi) is 2.92. The molecule has 0 atom stereocenters. The molecule has 19 heavy (non-hydrogen) atoms. The highest BCUT2D eigenvalue weighted by Gasteiger charge is 2.10. The van der Waals surface area contributed by atoms with Crippen molar-refractivity contribution in [2.45, 2.75) is 0 Å². The van der Waals surface area contributed by atoms with Gasteiger partial charge in [-0.15, -0.1) is 0 Å². The van der Waals surface area contributed by atoms with Gasteiger partial charge in [0.1, 0.15) is 11.6 Å². The van der Waals surface area contributed by atoms with Crippen molar-refractivity contribution in [2.24, 2.45) is 0 Å². The highest BCUT2D eigenvalue weighted by atomic mass is 19.1. The zero-order chi connectivity index (χ0) is 13.2. The van der Waals surface area contributed by atoms with Gasteiger partial charge in [-0.25, -0.2) is 4.39 Å². The summed E-state index contributed by atoms with van der Waals surface area (Å²) in [6.45, 7) is 0. The maximum atomic E-state index is 13.8. The minimum Gasteiger partial charge on any atom is -0.496 e. The van der Waals surface area contributed by atoms with E-state index in [1.807, 2.05) is 42.5 Å². The van der Waals surface area contributed by atoms with E-state index in [1.165, 1.54) is 6.07 Å². The molecular formula is C17H13FO. The number of methoxy groups -OCH3 is 1. The van der Waals surface area contributed by atoms with Crippen molar-refractivity contribution in [3.8, 4) is 16.9 Å². The van der Waals surface area contributed by atoms with Crippen molar-refractivity contribution in [3.05, 3.63) is 66.5 Å². The van der Waals surface area contributed by atoms with Gasteiger partial charge < -0.3 is 4.74 Å². The first-order valence-electron chi connectivity index (χ1n) is 6.12. The molecule has 94 valence electrons. The Morgan fingerprint density at radius 3 is 2.21 bits per heavy atom. The second-order valence-electron chi connectivity index (χ2n) is 4.34. The summed E-state index contributed by atoms with van der Waals surface area (Å²) in [5.41, 5.74) is 1.95. The lowest BCUT2D eigenvalue weighted by atomic mass is 9.97. The van der Waals surface area contributed by atoms with Crippen molar-refractivity contribution < 1.29 is 9.13 Å². The molecule has 0 aromatic heterocycles. The second kappa shape index (κ2) is 4.73. The zero-order valence-corrected chi connectivity index (χ0v) is 10.6. The molecule has 0 aliphatic heterocycles. The van der Waals surface area contributed by atoms with Crippen LogP contribution in [0.4, 0.5) is 4.39 Å². The Hall–Kier alpha value is -2.35. The van der Waals surface area contributed by atoms with Crippen LogP contribution in [0.5, 0.6) is 5.75 Å². The highest BCUT2D eigenvalue weighted by Crippen LogP contribution is 2.35. The number of halogens is 1. The van der Waals surface area contributed by atoms with Crippen LogP contribution in [0.25, 0.3) is 21.9 Å². The Morgan fingerprint density at radius 2 is 1.42 bits per heavy atom. The first-order chi connectivity index (χ1) is 9.31. The van der Waals surface area contributed by atoms with Crippen LogP contribution >= 0.6 is 0 Å². The second-order valence-corrected chi connectivity index (χ2v) is 4.34. The molecule has 3 aromatic rings. The molecule has 0 saturated carbocycles. The van der Waals surface area contributed by atoms with Gasteiger partial charge in [-0.2, -0.15) is 0 Å². The normalized spacial score (nSPS) is 10.6. The lowest BCUT2D eigenvalue weighted by molar-refractivity contribution is 0.416. The van der Waals surface area contributed by atoms with Crippen molar-refractivity contribution in [1.29, 1.82) is 0 Å². The first-order valence-corrected chi connectivity index (χ1v) is 6.12. The molecule has 0 saturated heterocycles. The highest BCUT2D eigenvalue weighted by molar-refractivity contribution is 5.98. The molecule has 0 aliphatic rings. The van der Waals surface area contributed by atoms with Gasteiger partial charge in [0.05, 0.1) is 7.11 Å². The monoisotopic (exact) mass is 252 g/mol. The van der Waals surface area contributed by atoms with E-state index >= 15 is 0 Å². The summed E-state index contributed by atoms with van der Waals surface area (Å²) in [6.07, 6.45) is 0. The van der Waals surface area contributed by atoms with E-state index in [0.717, 1.165) is 22.3 Å². The topological polar surface area (TPSA) is 9.23 Å². The maximum Gasteiger partial charge on any atom is 0.131 e. The summed E-state index contributed by atoms with van der Waals surface area (Å²) in [7, 11) is 1.64.